The number of rotatable bonds is 12. The Morgan fingerprint density at radius 2 is 1.78 bits per heavy atom. The summed E-state index contributed by atoms with van der Waals surface area (Å²) in [7, 11) is 0. The van der Waals surface area contributed by atoms with E-state index in [9.17, 15) is 0 Å². The average Bonchev–Trinajstić information content (AvgIpc) is 2.55. The molecule has 23 heavy (non-hydrogen) atoms. The quantitative estimate of drug-likeness (QED) is 0.233. The fourth-order valence-electron chi connectivity index (χ4n) is 2.37. The molecular weight excluding hydrogens is 282 g/mol. The zero-order valence-corrected chi connectivity index (χ0v) is 17.0. The van der Waals surface area contributed by atoms with Gasteiger partial charge in [0.15, 0.2) is 0 Å². The largest absolute Gasteiger partial charge is 0.382 e. The van der Waals surface area contributed by atoms with E-state index in [1.165, 1.54) is 43.9 Å². The van der Waals surface area contributed by atoms with Crippen molar-refractivity contribution in [3.63, 3.8) is 0 Å². The first-order chi connectivity index (χ1) is 10.9. The van der Waals surface area contributed by atoms with E-state index in [0.29, 0.717) is 5.41 Å². The second-order valence-electron chi connectivity index (χ2n) is 6.97. The first-order valence-corrected chi connectivity index (χ1v) is 9.63. The number of ether oxygens (including phenoxy) is 1. The molecule has 2 heteroatoms. The average molecular weight is 326 g/mol. The van der Waals surface area contributed by atoms with Gasteiger partial charge in [-0.25, -0.2) is 0 Å². The monoisotopic (exact) mass is 325 g/mol. The zero-order chi connectivity index (χ0) is 18.1. The summed E-state index contributed by atoms with van der Waals surface area (Å²) in [6.45, 7) is 17.3. The molecule has 1 unspecified atom stereocenters. The highest BCUT2D eigenvalue weighted by atomic mass is 16.5. The Hall–Kier alpha value is -0.630. The Balaban J connectivity index is 0. The van der Waals surface area contributed by atoms with Gasteiger partial charge < -0.3 is 10.1 Å². The number of nitrogens with one attached hydrogen (secondary N) is 1. The molecule has 0 aromatic rings. The van der Waals surface area contributed by atoms with Crippen molar-refractivity contribution in [3.05, 3.63) is 11.6 Å². The zero-order valence-electron chi connectivity index (χ0n) is 17.0. The topological polar surface area (TPSA) is 33.1 Å². The first-order valence-electron chi connectivity index (χ1n) is 9.63. The van der Waals surface area contributed by atoms with E-state index >= 15 is 0 Å². The normalized spacial score (nSPS) is 13.3. The third-order valence-corrected chi connectivity index (χ3v) is 4.87. The molecule has 0 saturated heterocycles. The summed E-state index contributed by atoms with van der Waals surface area (Å²) in [4.78, 5) is 0. The molecular formula is C21H43NO. The molecule has 0 aliphatic heterocycles. The number of hydrogen-bond acceptors (Lipinski definition) is 2. The van der Waals surface area contributed by atoms with Crippen LogP contribution in [0.15, 0.2) is 11.6 Å². The maximum absolute atomic E-state index is 6.89. The summed E-state index contributed by atoms with van der Waals surface area (Å²) in [6, 6.07) is 0. The highest BCUT2D eigenvalue weighted by Crippen LogP contribution is 2.29. The Labute approximate surface area is 146 Å². The predicted octanol–water partition coefficient (Wildman–Crippen LogP) is 7.04. The molecule has 0 spiro atoms. The second-order valence-corrected chi connectivity index (χ2v) is 6.97. The molecule has 2 nitrogen and oxygen atoms in total. The number of allylic oxidation sites excluding steroid dienone is 2. The van der Waals surface area contributed by atoms with E-state index in [1.807, 2.05) is 0 Å². The van der Waals surface area contributed by atoms with E-state index in [4.69, 9.17) is 10.1 Å². The standard InChI is InChI=1S/C11H24O.C10H19N/c1-4-8-11(5-2)9-7-10-12-6-3;1-5-10(3,4)9(2)7-6-8-11/h11H,4-10H2,1-3H3;7-8,11H,5-6H2,1-4H3/b;9-7+,11-8?. The van der Waals surface area contributed by atoms with Gasteiger partial charge >= 0.3 is 0 Å². The first kappa shape index (κ1) is 24.6. The van der Waals surface area contributed by atoms with Crippen LogP contribution in [-0.2, 0) is 4.74 Å². The molecule has 1 N–H and O–H groups in total. The number of hydrogen-bond donors (Lipinski definition) is 1. The predicted molar refractivity (Wildman–Crippen MR) is 106 cm³/mol. The van der Waals surface area contributed by atoms with Gasteiger partial charge in [-0.15, -0.1) is 0 Å². The summed E-state index contributed by atoms with van der Waals surface area (Å²) in [5, 5.41) is 6.89. The molecule has 0 radical (unpaired) electrons. The summed E-state index contributed by atoms with van der Waals surface area (Å²) < 4.78 is 5.31. The van der Waals surface area contributed by atoms with Gasteiger partial charge in [-0.3, -0.25) is 0 Å². The summed E-state index contributed by atoms with van der Waals surface area (Å²) in [5.74, 6) is 0.940. The van der Waals surface area contributed by atoms with Gasteiger partial charge in [-0.1, -0.05) is 65.5 Å². The highest BCUT2D eigenvalue weighted by Gasteiger charge is 2.16. The van der Waals surface area contributed by atoms with Gasteiger partial charge in [0.1, 0.15) is 0 Å². The maximum atomic E-state index is 6.89. The molecule has 0 aliphatic rings. The lowest BCUT2D eigenvalue weighted by atomic mass is 9.82. The Kier molecular flexibility index (Phi) is 17.4. The van der Waals surface area contributed by atoms with Crippen LogP contribution in [0.5, 0.6) is 0 Å². The third kappa shape index (κ3) is 14.7. The highest BCUT2D eigenvalue weighted by molar-refractivity contribution is 5.55. The van der Waals surface area contributed by atoms with Gasteiger partial charge in [-0.2, -0.15) is 0 Å². The molecule has 0 heterocycles. The van der Waals surface area contributed by atoms with Crippen molar-refractivity contribution in [2.45, 2.75) is 93.4 Å². The van der Waals surface area contributed by atoms with Crippen LogP contribution in [-0.4, -0.2) is 19.4 Å². The van der Waals surface area contributed by atoms with Crippen molar-refractivity contribution in [3.8, 4) is 0 Å². The van der Waals surface area contributed by atoms with Crippen molar-refractivity contribution < 1.29 is 4.74 Å². The van der Waals surface area contributed by atoms with Gasteiger partial charge in [0.2, 0.25) is 0 Å². The molecule has 0 rings (SSSR count). The lowest BCUT2D eigenvalue weighted by molar-refractivity contribution is 0.138. The summed E-state index contributed by atoms with van der Waals surface area (Å²) in [5.41, 5.74) is 1.70. The van der Waals surface area contributed by atoms with Crippen LogP contribution in [0.3, 0.4) is 0 Å². The van der Waals surface area contributed by atoms with Crippen LogP contribution in [0.25, 0.3) is 0 Å². The van der Waals surface area contributed by atoms with Crippen molar-refractivity contribution in [1.82, 2.24) is 0 Å². The smallest absolute Gasteiger partial charge is 0.0465 e. The maximum Gasteiger partial charge on any atom is 0.0465 e. The van der Waals surface area contributed by atoms with Crippen LogP contribution in [0, 0.1) is 16.7 Å². The van der Waals surface area contributed by atoms with Crippen LogP contribution in [0.1, 0.15) is 93.4 Å². The van der Waals surface area contributed by atoms with Crippen molar-refractivity contribution in [1.29, 1.82) is 5.41 Å². The SMILES string of the molecule is CCC(C)(C)/C(C)=C/CC=N.CCCC(CC)CCCOCC. The van der Waals surface area contributed by atoms with Gasteiger partial charge in [0.05, 0.1) is 0 Å². The van der Waals surface area contributed by atoms with E-state index in [2.05, 4.69) is 54.5 Å². The van der Waals surface area contributed by atoms with Crippen LogP contribution >= 0.6 is 0 Å². The van der Waals surface area contributed by atoms with Crippen LogP contribution in [0.2, 0.25) is 0 Å². The molecule has 0 saturated carbocycles. The van der Waals surface area contributed by atoms with E-state index < -0.39 is 0 Å². The molecule has 0 aromatic heterocycles. The minimum atomic E-state index is 0.309. The van der Waals surface area contributed by atoms with E-state index in [-0.39, 0.29) is 0 Å². The van der Waals surface area contributed by atoms with Crippen molar-refractivity contribution in [2.24, 2.45) is 11.3 Å². The minimum absolute atomic E-state index is 0.309. The van der Waals surface area contributed by atoms with Crippen LogP contribution < -0.4 is 0 Å². The molecule has 138 valence electrons. The minimum Gasteiger partial charge on any atom is -0.382 e. The van der Waals surface area contributed by atoms with Gasteiger partial charge in [-0.05, 0) is 50.7 Å². The van der Waals surface area contributed by atoms with Gasteiger partial charge in [0.25, 0.3) is 0 Å². The summed E-state index contributed by atoms with van der Waals surface area (Å²) in [6.07, 6.45) is 12.2. The molecule has 0 fully saturated rings. The summed E-state index contributed by atoms with van der Waals surface area (Å²) >= 11 is 0. The fraction of sp³-hybridized carbons (Fsp3) is 0.857. The Bertz CT molecular complexity index is 294. The third-order valence-electron chi connectivity index (χ3n) is 4.87. The van der Waals surface area contributed by atoms with Crippen molar-refractivity contribution >= 4 is 6.21 Å². The molecule has 0 aromatic carbocycles. The second kappa shape index (κ2) is 16.2. The van der Waals surface area contributed by atoms with E-state index in [1.54, 1.807) is 0 Å². The molecule has 1 atom stereocenters. The lowest BCUT2D eigenvalue weighted by Gasteiger charge is -2.23. The van der Waals surface area contributed by atoms with Crippen molar-refractivity contribution in [2.75, 3.05) is 13.2 Å². The fourth-order valence-corrected chi connectivity index (χ4v) is 2.37. The van der Waals surface area contributed by atoms with Gasteiger partial charge in [0, 0.05) is 19.6 Å². The molecule has 0 amide bonds. The molecule has 0 aliphatic carbocycles. The van der Waals surface area contributed by atoms with Crippen LogP contribution in [0.4, 0.5) is 0 Å². The Morgan fingerprint density at radius 3 is 2.22 bits per heavy atom. The molecule has 0 bridgehead atoms. The lowest BCUT2D eigenvalue weighted by Crippen LogP contribution is -2.10. The van der Waals surface area contributed by atoms with E-state index in [0.717, 1.165) is 32.0 Å². The Morgan fingerprint density at radius 1 is 1.13 bits per heavy atom.